The number of benzene rings is 1. The minimum Gasteiger partial charge on any atom is -0.339 e. The van der Waals surface area contributed by atoms with Crippen LogP contribution in [0.2, 0.25) is 5.02 Å². The number of carbonyl (C=O) groups excluding carboxylic acids is 2. The molecule has 2 aliphatic rings. The predicted molar refractivity (Wildman–Crippen MR) is 111 cm³/mol. The van der Waals surface area contributed by atoms with Crippen molar-refractivity contribution < 1.29 is 14.0 Å². The predicted octanol–water partition coefficient (Wildman–Crippen LogP) is 3.21. The van der Waals surface area contributed by atoms with E-state index in [0.29, 0.717) is 44.4 Å². The van der Waals surface area contributed by atoms with Crippen LogP contribution in [0.5, 0.6) is 0 Å². The number of hydrogen-bond acceptors (Lipinski definition) is 3. The molecule has 2 amide bonds. The monoisotopic (exact) mass is 431 g/mol. The third-order valence-electron chi connectivity index (χ3n) is 5.78. The summed E-state index contributed by atoms with van der Waals surface area (Å²) in [5.74, 6) is 0.102. The van der Waals surface area contributed by atoms with Crippen molar-refractivity contribution in [3.63, 3.8) is 0 Å². The summed E-state index contributed by atoms with van der Waals surface area (Å²) >= 11 is 6.00. The quantitative estimate of drug-likeness (QED) is 0.795. The van der Waals surface area contributed by atoms with E-state index in [1.54, 1.807) is 4.90 Å². The highest BCUT2D eigenvalue weighted by Gasteiger charge is 2.29. The summed E-state index contributed by atoms with van der Waals surface area (Å²) in [5, 5.41) is 3.47. The lowest BCUT2D eigenvalue weighted by molar-refractivity contribution is -0.134. The van der Waals surface area contributed by atoms with E-state index in [-0.39, 0.29) is 28.9 Å². The van der Waals surface area contributed by atoms with Crippen molar-refractivity contribution in [3.05, 3.63) is 34.6 Å². The van der Waals surface area contributed by atoms with Crippen molar-refractivity contribution in [1.82, 2.24) is 15.1 Å². The molecular formula is C20H28Cl2FN3O2. The number of nitrogens with one attached hydrogen (secondary N) is 1. The number of nitrogens with zero attached hydrogens (tertiary/aromatic N) is 2. The molecule has 1 atom stereocenters. The lowest BCUT2D eigenvalue weighted by Crippen LogP contribution is -2.51. The molecule has 2 heterocycles. The van der Waals surface area contributed by atoms with Crippen LogP contribution in [0.4, 0.5) is 4.39 Å². The van der Waals surface area contributed by atoms with E-state index < -0.39 is 11.7 Å². The molecule has 3 rings (SSSR count). The molecule has 156 valence electrons. The largest absolute Gasteiger partial charge is 0.339 e. The topological polar surface area (TPSA) is 52.7 Å². The van der Waals surface area contributed by atoms with Crippen LogP contribution in [0.1, 0.15) is 36.5 Å². The molecule has 2 aliphatic heterocycles. The minimum atomic E-state index is -0.609. The van der Waals surface area contributed by atoms with E-state index in [4.69, 9.17) is 11.6 Å². The maximum atomic E-state index is 14.0. The van der Waals surface area contributed by atoms with Gasteiger partial charge in [0.1, 0.15) is 5.82 Å². The first-order valence-corrected chi connectivity index (χ1v) is 10.1. The molecule has 0 radical (unpaired) electrons. The van der Waals surface area contributed by atoms with Crippen molar-refractivity contribution in [2.24, 2.45) is 11.8 Å². The number of halogens is 3. The molecule has 28 heavy (non-hydrogen) atoms. The molecule has 0 aromatic heterocycles. The molecule has 0 saturated carbocycles. The smallest absolute Gasteiger partial charge is 0.258 e. The Bertz CT molecular complexity index is 670. The van der Waals surface area contributed by atoms with Gasteiger partial charge in [0.2, 0.25) is 5.91 Å². The Kier molecular flexibility index (Phi) is 8.53. The average molecular weight is 432 g/mol. The molecule has 5 nitrogen and oxygen atoms in total. The fourth-order valence-electron chi connectivity index (χ4n) is 4.00. The lowest BCUT2D eigenvalue weighted by Gasteiger charge is -2.36. The number of amides is 2. The van der Waals surface area contributed by atoms with Crippen LogP contribution in [0.25, 0.3) is 0 Å². The Labute approximate surface area is 177 Å². The standard InChI is InChI=1S/C20H27ClFN3O2.ClH/c1-14(15-5-7-23-8-6-15)13-18(26)24-9-11-25(12-10-24)20(27)19-16(21)3-2-4-17(19)22;/h2-4,14-15,23H,5-13H2,1H3;1H. The molecule has 8 heteroatoms. The second-order valence-electron chi connectivity index (χ2n) is 7.54. The fourth-order valence-corrected chi connectivity index (χ4v) is 4.25. The van der Waals surface area contributed by atoms with Crippen LogP contribution in [0.15, 0.2) is 18.2 Å². The molecule has 0 spiro atoms. The van der Waals surface area contributed by atoms with Gasteiger partial charge in [0, 0.05) is 32.6 Å². The van der Waals surface area contributed by atoms with Gasteiger partial charge in [-0.1, -0.05) is 24.6 Å². The molecule has 1 unspecified atom stereocenters. The zero-order valence-electron chi connectivity index (χ0n) is 16.1. The lowest BCUT2D eigenvalue weighted by atomic mass is 9.84. The fraction of sp³-hybridized carbons (Fsp3) is 0.600. The normalized spacial score (nSPS) is 19.1. The average Bonchev–Trinajstić information content (AvgIpc) is 2.68. The highest BCUT2D eigenvalue weighted by atomic mass is 35.5. The number of piperazine rings is 1. The van der Waals surface area contributed by atoms with Crippen LogP contribution < -0.4 is 5.32 Å². The highest BCUT2D eigenvalue weighted by Crippen LogP contribution is 2.25. The van der Waals surface area contributed by atoms with Crippen molar-refractivity contribution in [2.45, 2.75) is 26.2 Å². The second-order valence-corrected chi connectivity index (χ2v) is 7.95. The number of rotatable bonds is 4. The summed E-state index contributed by atoms with van der Waals surface area (Å²) in [6, 6.07) is 4.23. The van der Waals surface area contributed by atoms with Crippen LogP contribution in [-0.4, -0.2) is 60.9 Å². The first kappa shape index (κ1) is 22.9. The first-order valence-electron chi connectivity index (χ1n) is 9.69. The van der Waals surface area contributed by atoms with E-state index in [1.165, 1.54) is 18.2 Å². The van der Waals surface area contributed by atoms with E-state index >= 15 is 0 Å². The molecule has 2 saturated heterocycles. The maximum absolute atomic E-state index is 14.0. The van der Waals surface area contributed by atoms with Crippen molar-refractivity contribution in [1.29, 1.82) is 0 Å². The van der Waals surface area contributed by atoms with Gasteiger partial charge in [-0.25, -0.2) is 4.39 Å². The van der Waals surface area contributed by atoms with Crippen molar-refractivity contribution in [2.75, 3.05) is 39.3 Å². The van der Waals surface area contributed by atoms with E-state index in [0.717, 1.165) is 25.9 Å². The number of hydrogen-bond donors (Lipinski definition) is 1. The van der Waals surface area contributed by atoms with Crippen molar-refractivity contribution >= 4 is 35.8 Å². The van der Waals surface area contributed by atoms with E-state index in [1.807, 2.05) is 4.90 Å². The van der Waals surface area contributed by atoms with Gasteiger partial charge in [0.15, 0.2) is 0 Å². The molecule has 1 aromatic carbocycles. The first-order chi connectivity index (χ1) is 13.0. The summed E-state index contributed by atoms with van der Waals surface area (Å²) < 4.78 is 14.0. The Balaban J connectivity index is 0.00000280. The van der Waals surface area contributed by atoms with Gasteiger partial charge >= 0.3 is 0 Å². The Morgan fingerprint density at radius 1 is 1.18 bits per heavy atom. The van der Waals surface area contributed by atoms with Crippen LogP contribution >= 0.6 is 24.0 Å². The zero-order chi connectivity index (χ0) is 19.4. The molecule has 0 aliphatic carbocycles. The number of carbonyl (C=O) groups is 2. The van der Waals surface area contributed by atoms with Gasteiger partial charge in [-0.05, 0) is 49.9 Å². The van der Waals surface area contributed by atoms with E-state index in [2.05, 4.69) is 12.2 Å². The Hall–Kier alpha value is -1.37. The van der Waals surface area contributed by atoms with Gasteiger partial charge < -0.3 is 15.1 Å². The SMILES string of the molecule is CC(CC(=O)N1CCN(C(=O)c2c(F)cccc2Cl)CC1)C1CCNCC1.Cl. The van der Waals surface area contributed by atoms with Crippen LogP contribution in [0, 0.1) is 17.7 Å². The molecular weight excluding hydrogens is 404 g/mol. The van der Waals surface area contributed by atoms with Gasteiger partial charge in [-0.15, -0.1) is 12.4 Å². The summed E-state index contributed by atoms with van der Waals surface area (Å²) in [5.41, 5.74) is -0.0847. The summed E-state index contributed by atoms with van der Waals surface area (Å²) in [4.78, 5) is 28.6. The third kappa shape index (κ3) is 5.37. The van der Waals surface area contributed by atoms with E-state index in [9.17, 15) is 14.0 Å². The molecule has 1 N–H and O–H groups in total. The molecule has 2 fully saturated rings. The molecule has 0 bridgehead atoms. The van der Waals surface area contributed by atoms with Crippen LogP contribution in [0.3, 0.4) is 0 Å². The summed E-state index contributed by atoms with van der Waals surface area (Å²) in [6.07, 6.45) is 2.80. The van der Waals surface area contributed by atoms with Gasteiger partial charge in [-0.2, -0.15) is 0 Å². The van der Waals surface area contributed by atoms with Crippen LogP contribution in [-0.2, 0) is 4.79 Å². The highest BCUT2D eigenvalue weighted by molar-refractivity contribution is 6.33. The Morgan fingerprint density at radius 3 is 2.39 bits per heavy atom. The Morgan fingerprint density at radius 2 is 1.79 bits per heavy atom. The van der Waals surface area contributed by atoms with Crippen molar-refractivity contribution in [3.8, 4) is 0 Å². The minimum absolute atomic E-state index is 0. The maximum Gasteiger partial charge on any atom is 0.258 e. The third-order valence-corrected chi connectivity index (χ3v) is 6.10. The summed E-state index contributed by atoms with van der Waals surface area (Å²) in [7, 11) is 0. The van der Waals surface area contributed by atoms with Gasteiger partial charge in [-0.3, -0.25) is 9.59 Å². The zero-order valence-corrected chi connectivity index (χ0v) is 17.7. The second kappa shape index (κ2) is 10.4. The van der Waals surface area contributed by atoms with Gasteiger partial charge in [0.25, 0.3) is 5.91 Å². The van der Waals surface area contributed by atoms with Gasteiger partial charge in [0.05, 0.1) is 10.6 Å². The number of piperidine rings is 1. The molecule has 1 aromatic rings. The summed E-state index contributed by atoms with van der Waals surface area (Å²) in [6.45, 7) is 5.98.